The van der Waals surface area contributed by atoms with Crippen molar-refractivity contribution in [3.05, 3.63) is 12.5 Å². The number of rotatable bonds is 0. The summed E-state index contributed by atoms with van der Waals surface area (Å²) >= 11 is 0. The fraction of sp³-hybridized carbons (Fsp3) is 0. The van der Waals surface area contributed by atoms with Crippen molar-refractivity contribution in [3.63, 3.8) is 0 Å². The number of hydrogen-bond acceptors (Lipinski definition) is 4. The Hall–Kier alpha value is -1.13. The molecule has 0 aromatic carbocycles. The molecule has 2 aromatic heterocycles. The minimum atomic E-state index is 0. The summed E-state index contributed by atoms with van der Waals surface area (Å²) in [5, 5.41) is 0. The Balaban J connectivity index is 0.000000605. The molecule has 0 unspecified atom stereocenters. The predicted molar refractivity (Wildman–Crippen MR) is 36.1 cm³/mol. The van der Waals surface area contributed by atoms with Gasteiger partial charge in [-0.1, -0.05) is 0 Å². The average molecular weight is 199 g/mol. The molecule has 0 aliphatic carbocycles. The number of nitrogens with zero attached hydrogens (tertiary/aromatic N) is 3. The molecule has 6 heteroatoms. The largest absolute Gasteiger partial charge is 0.368 e. The number of aromatic amines is 1. The summed E-state index contributed by atoms with van der Waals surface area (Å²) in [6, 6.07) is 0. The number of H-pyrrole nitrogens is 1. The molecule has 0 spiro atoms. The Kier molecular flexibility index (Phi) is 2.07. The van der Waals surface area contributed by atoms with Gasteiger partial charge in [0.2, 0.25) is 5.95 Å². The molecular formula is C5H5CuN5. The van der Waals surface area contributed by atoms with Crippen LogP contribution >= 0.6 is 0 Å². The molecule has 0 saturated carbocycles. The van der Waals surface area contributed by atoms with Crippen LogP contribution in [0.4, 0.5) is 5.95 Å². The topological polar surface area (TPSA) is 80.5 Å². The Labute approximate surface area is 72.9 Å². The normalized spacial score (nSPS) is 9.45. The number of nitrogens with one attached hydrogen (secondary N) is 1. The standard InChI is InChI=1S/C5H5N5.Cu/c6-5-7-1-3-4(10-5)9-2-8-3;/h1-2H,(H3,6,7,8,9,10);. The number of aromatic nitrogens is 4. The molecular weight excluding hydrogens is 194 g/mol. The van der Waals surface area contributed by atoms with Crippen molar-refractivity contribution in [2.45, 2.75) is 0 Å². The second-order valence-corrected chi connectivity index (χ2v) is 1.87. The summed E-state index contributed by atoms with van der Waals surface area (Å²) in [7, 11) is 0. The number of hydrogen-bond donors (Lipinski definition) is 2. The molecule has 3 N–H and O–H groups in total. The van der Waals surface area contributed by atoms with E-state index in [9.17, 15) is 0 Å². The number of nitrogens with two attached hydrogens (primary N) is 1. The van der Waals surface area contributed by atoms with Gasteiger partial charge in [0.25, 0.3) is 0 Å². The van der Waals surface area contributed by atoms with Gasteiger partial charge in [-0.3, -0.25) is 0 Å². The van der Waals surface area contributed by atoms with Crippen molar-refractivity contribution in [1.82, 2.24) is 19.9 Å². The summed E-state index contributed by atoms with van der Waals surface area (Å²) in [6.07, 6.45) is 3.16. The molecule has 2 aromatic rings. The Morgan fingerprint density at radius 3 is 3.00 bits per heavy atom. The van der Waals surface area contributed by atoms with E-state index in [1.807, 2.05) is 0 Å². The van der Waals surface area contributed by atoms with Crippen LogP contribution in [0.1, 0.15) is 0 Å². The van der Waals surface area contributed by atoms with Crippen molar-refractivity contribution < 1.29 is 17.1 Å². The molecule has 0 aliphatic heterocycles. The van der Waals surface area contributed by atoms with E-state index < -0.39 is 0 Å². The summed E-state index contributed by atoms with van der Waals surface area (Å²) in [4.78, 5) is 14.4. The van der Waals surface area contributed by atoms with Gasteiger partial charge in [-0.05, 0) is 0 Å². The SMILES string of the molecule is Nc1ncc2[nH]cnc2n1.[Cu]. The predicted octanol–water partition coefficient (Wildman–Crippen LogP) is -0.0674. The maximum atomic E-state index is 5.31. The van der Waals surface area contributed by atoms with E-state index in [0.717, 1.165) is 5.52 Å². The van der Waals surface area contributed by atoms with Crippen LogP contribution in [0.2, 0.25) is 0 Å². The van der Waals surface area contributed by atoms with Gasteiger partial charge in [0.05, 0.1) is 12.5 Å². The molecule has 0 aliphatic rings. The Bertz CT molecular complexity index is 356. The minimum absolute atomic E-state index is 0. The third kappa shape index (κ3) is 1.31. The summed E-state index contributed by atoms with van der Waals surface area (Å²) in [6.45, 7) is 0. The molecule has 0 amide bonds. The summed E-state index contributed by atoms with van der Waals surface area (Å²) in [5.41, 5.74) is 6.71. The van der Waals surface area contributed by atoms with Gasteiger partial charge in [0.1, 0.15) is 5.52 Å². The first-order chi connectivity index (χ1) is 4.86. The van der Waals surface area contributed by atoms with E-state index in [0.29, 0.717) is 5.65 Å². The summed E-state index contributed by atoms with van der Waals surface area (Å²) in [5.74, 6) is 0.250. The molecule has 2 rings (SSSR count). The van der Waals surface area contributed by atoms with Gasteiger partial charge in [-0.2, -0.15) is 4.98 Å². The van der Waals surface area contributed by atoms with Gasteiger partial charge in [0.15, 0.2) is 5.65 Å². The third-order valence-electron chi connectivity index (χ3n) is 1.19. The van der Waals surface area contributed by atoms with Crippen LogP contribution in [-0.4, -0.2) is 19.9 Å². The molecule has 0 bridgehead atoms. The molecule has 0 atom stereocenters. The van der Waals surface area contributed by atoms with Crippen LogP contribution < -0.4 is 5.73 Å². The van der Waals surface area contributed by atoms with E-state index in [-0.39, 0.29) is 23.0 Å². The second kappa shape index (κ2) is 2.86. The first kappa shape index (κ1) is 7.97. The monoisotopic (exact) mass is 198 g/mol. The van der Waals surface area contributed by atoms with Crippen molar-refractivity contribution in [2.75, 3.05) is 5.73 Å². The Morgan fingerprint density at radius 1 is 1.36 bits per heavy atom. The van der Waals surface area contributed by atoms with Gasteiger partial charge < -0.3 is 10.7 Å². The van der Waals surface area contributed by atoms with E-state index >= 15 is 0 Å². The van der Waals surface area contributed by atoms with Crippen molar-refractivity contribution in [1.29, 1.82) is 0 Å². The van der Waals surface area contributed by atoms with Crippen molar-refractivity contribution in [3.8, 4) is 0 Å². The van der Waals surface area contributed by atoms with E-state index in [4.69, 9.17) is 5.73 Å². The molecule has 61 valence electrons. The van der Waals surface area contributed by atoms with Crippen LogP contribution in [0.15, 0.2) is 12.5 Å². The smallest absolute Gasteiger partial charge is 0.222 e. The summed E-state index contributed by atoms with van der Waals surface area (Å²) < 4.78 is 0. The first-order valence-corrected chi connectivity index (χ1v) is 2.78. The zero-order valence-electron chi connectivity index (χ0n) is 5.38. The van der Waals surface area contributed by atoms with E-state index in [1.165, 1.54) is 0 Å². The van der Waals surface area contributed by atoms with Crippen molar-refractivity contribution in [2.24, 2.45) is 0 Å². The molecule has 5 nitrogen and oxygen atoms in total. The Morgan fingerprint density at radius 2 is 2.18 bits per heavy atom. The molecule has 2 heterocycles. The maximum absolute atomic E-state index is 5.31. The fourth-order valence-corrected chi connectivity index (χ4v) is 0.749. The number of imidazole rings is 1. The molecule has 0 saturated heterocycles. The number of nitrogen functional groups attached to an aromatic ring is 1. The minimum Gasteiger partial charge on any atom is -0.368 e. The molecule has 1 radical (unpaired) electrons. The quantitative estimate of drug-likeness (QED) is 0.581. The van der Waals surface area contributed by atoms with Crippen LogP contribution in [0.25, 0.3) is 11.2 Å². The number of fused-ring (bicyclic) bond motifs is 1. The first-order valence-electron chi connectivity index (χ1n) is 2.78. The zero-order chi connectivity index (χ0) is 6.97. The molecule has 11 heavy (non-hydrogen) atoms. The molecule has 0 fully saturated rings. The average Bonchev–Trinajstić information content (AvgIpc) is 2.33. The fourth-order valence-electron chi connectivity index (χ4n) is 0.749. The zero-order valence-corrected chi connectivity index (χ0v) is 6.32. The van der Waals surface area contributed by atoms with Crippen LogP contribution in [-0.2, 0) is 17.1 Å². The maximum Gasteiger partial charge on any atom is 0.222 e. The number of anilines is 1. The second-order valence-electron chi connectivity index (χ2n) is 1.87. The van der Waals surface area contributed by atoms with Gasteiger partial charge in [0, 0.05) is 17.1 Å². The van der Waals surface area contributed by atoms with Crippen LogP contribution in [0, 0.1) is 0 Å². The third-order valence-corrected chi connectivity index (χ3v) is 1.19. The van der Waals surface area contributed by atoms with E-state index in [1.54, 1.807) is 12.5 Å². The van der Waals surface area contributed by atoms with Crippen LogP contribution in [0.5, 0.6) is 0 Å². The van der Waals surface area contributed by atoms with Gasteiger partial charge >= 0.3 is 0 Å². The van der Waals surface area contributed by atoms with Gasteiger partial charge in [-0.15, -0.1) is 0 Å². The van der Waals surface area contributed by atoms with Gasteiger partial charge in [-0.25, -0.2) is 9.97 Å². The van der Waals surface area contributed by atoms with E-state index in [2.05, 4.69) is 19.9 Å². The van der Waals surface area contributed by atoms with Crippen molar-refractivity contribution >= 4 is 17.1 Å². The van der Waals surface area contributed by atoms with Crippen LogP contribution in [0.3, 0.4) is 0 Å².